The van der Waals surface area contributed by atoms with Crippen LogP contribution in [0.5, 0.6) is 0 Å². The van der Waals surface area contributed by atoms with E-state index in [4.69, 9.17) is 9.84 Å². The first-order chi connectivity index (χ1) is 9.86. The van der Waals surface area contributed by atoms with Crippen LogP contribution < -0.4 is 5.32 Å². The van der Waals surface area contributed by atoms with E-state index in [0.717, 1.165) is 0 Å². The molecule has 1 aromatic rings. The average molecular weight is 314 g/mol. The Bertz CT molecular complexity index is 528. The molecule has 7 nitrogen and oxygen atoms in total. The van der Waals surface area contributed by atoms with Gasteiger partial charge in [-0.05, 0) is 18.4 Å². The van der Waals surface area contributed by atoms with Crippen LogP contribution in [0.4, 0.5) is 9.80 Å². The molecule has 2 N–H and O–H groups in total. The van der Waals surface area contributed by atoms with Crippen molar-refractivity contribution in [1.82, 2.24) is 4.90 Å². The number of rotatable bonds is 6. The molecule has 116 valence electrons. The lowest BCUT2D eigenvalue weighted by Crippen LogP contribution is -2.36. The fourth-order valence-corrected chi connectivity index (χ4v) is 2.30. The number of thiophene rings is 1. The number of ether oxygens (including phenoxy) is 1. The highest BCUT2D eigenvalue weighted by Gasteiger charge is 2.20. The third kappa shape index (κ3) is 4.75. The molecule has 0 saturated heterocycles. The van der Waals surface area contributed by atoms with Crippen LogP contribution in [0.3, 0.4) is 0 Å². The molecule has 0 saturated carbocycles. The molecule has 0 aliphatic heterocycles. The standard InChI is InChI=1S/C13H18N2O5S/c1-4-20-12(18)9-5-6-21-10(9)14-13(19)15(3)7-8(2)11(16)17/h5-6,8H,4,7H2,1-3H3,(H,14,19)(H,16,17). The Morgan fingerprint density at radius 3 is 2.71 bits per heavy atom. The zero-order valence-corrected chi connectivity index (χ0v) is 12.9. The maximum absolute atomic E-state index is 12.0. The van der Waals surface area contributed by atoms with Crippen molar-refractivity contribution in [2.24, 2.45) is 5.92 Å². The minimum atomic E-state index is -0.974. The quantitative estimate of drug-likeness (QED) is 0.784. The molecular weight excluding hydrogens is 296 g/mol. The SMILES string of the molecule is CCOC(=O)c1ccsc1NC(=O)N(C)CC(C)C(=O)O. The maximum atomic E-state index is 12.0. The first-order valence-corrected chi connectivity index (χ1v) is 7.24. The topological polar surface area (TPSA) is 95.9 Å². The minimum Gasteiger partial charge on any atom is -0.481 e. The van der Waals surface area contributed by atoms with Crippen molar-refractivity contribution in [2.75, 3.05) is 25.5 Å². The van der Waals surface area contributed by atoms with Gasteiger partial charge in [-0.1, -0.05) is 6.92 Å². The van der Waals surface area contributed by atoms with Gasteiger partial charge < -0.3 is 14.7 Å². The molecule has 2 amide bonds. The van der Waals surface area contributed by atoms with Crippen LogP contribution >= 0.6 is 11.3 Å². The highest BCUT2D eigenvalue weighted by atomic mass is 32.1. The van der Waals surface area contributed by atoms with Crippen LogP contribution in [0.1, 0.15) is 24.2 Å². The number of anilines is 1. The Balaban J connectivity index is 2.69. The largest absolute Gasteiger partial charge is 0.481 e. The van der Waals surface area contributed by atoms with Gasteiger partial charge in [-0.25, -0.2) is 9.59 Å². The van der Waals surface area contributed by atoms with Gasteiger partial charge in [-0.15, -0.1) is 11.3 Å². The number of carboxylic acids is 1. The van der Waals surface area contributed by atoms with Crippen molar-refractivity contribution in [3.8, 4) is 0 Å². The second-order valence-electron chi connectivity index (χ2n) is 4.43. The van der Waals surface area contributed by atoms with E-state index in [-0.39, 0.29) is 18.7 Å². The molecule has 8 heteroatoms. The predicted molar refractivity (Wildman–Crippen MR) is 78.7 cm³/mol. The molecule has 1 heterocycles. The van der Waals surface area contributed by atoms with Crippen LogP contribution in [0.2, 0.25) is 0 Å². The van der Waals surface area contributed by atoms with Gasteiger partial charge in [0.05, 0.1) is 18.1 Å². The van der Waals surface area contributed by atoms with Gasteiger partial charge in [0.15, 0.2) is 0 Å². The number of carbonyl (C=O) groups is 3. The Hall–Kier alpha value is -2.09. The molecule has 0 aromatic carbocycles. The third-order valence-corrected chi connectivity index (χ3v) is 3.53. The molecule has 1 rings (SSSR count). The average Bonchev–Trinajstić information content (AvgIpc) is 2.86. The summed E-state index contributed by atoms with van der Waals surface area (Å²) in [6.07, 6.45) is 0. The Kier molecular flexibility index (Phi) is 6.16. The number of amides is 2. The molecule has 0 bridgehead atoms. The molecule has 0 aliphatic rings. The van der Waals surface area contributed by atoms with Crippen molar-refractivity contribution in [1.29, 1.82) is 0 Å². The van der Waals surface area contributed by atoms with Gasteiger partial charge in [0.2, 0.25) is 0 Å². The van der Waals surface area contributed by atoms with Crippen LogP contribution in [0.25, 0.3) is 0 Å². The van der Waals surface area contributed by atoms with Gasteiger partial charge >= 0.3 is 18.0 Å². The summed E-state index contributed by atoms with van der Waals surface area (Å²) in [7, 11) is 1.49. The summed E-state index contributed by atoms with van der Waals surface area (Å²) in [5, 5.41) is 13.5. The van der Waals surface area contributed by atoms with Crippen LogP contribution in [0.15, 0.2) is 11.4 Å². The van der Waals surface area contributed by atoms with E-state index in [9.17, 15) is 14.4 Å². The normalized spacial score (nSPS) is 11.6. The van der Waals surface area contributed by atoms with Gasteiger partial charge in [-0.3, -0.25) is 10.1 Å². The number of carboxylic acid groups (broad SMARTS) is 1. The molecule has 0 radical (unpaired) electrons. The van der Waals surface area contributed by atoms with E-state index in [2.05, 4.69) is 5.32 Å². The van der Waals surface area contributed by atoms with Gasteiger partial charge in [-0.2, -0.15) is 0 Å². The molecule has 1 unspecified atom stereocenters. The number of carbonyl (C=O) groups excluding carboxylic acids is 2. The van der Waals surface area contributed by atoms with Crippen molar-refractivity contribution in [3.05, 3.63) is 17.0 Å². The van der Waals surface area contributed by atoms with Crippen molar-refractivity contribution >= 4 is 34.3 Å². The van der Waals surface area contributed by atoms with Crippen molar-refractivity contribution in [2.45, 2.75) is 13.8 Å². The zero-order chi connectivity index (χ0) is 16.0. The van der Waals surface area contributed by atoms with Gasteiger partial charge in [0.25, 0.3) is 0 Å². The van der Waals surface area contributed by atoms with Gasteiger partial charge in [0, 0.05) is 13.6 Å². The van der Waals surface area contributed by atoms with Gasteiger partial charge in [0.1, 0.15) is 5.00 Å². The monoisotopic (exact) mass is 314 g/mol. The summed E-state index contributed by atoms with van der Waals surface area (Å²) in [6.45, 7) is 3.53. The summed E-state index contributed by atoms with van der Waals surface area (Å²) in [5.74, 6) is -2.15. The molecule has 1 aromatic heterocycles. The first-order valence-electron chi connectivity index (χ1n) is 6.36. The maximum Gasteiger partial charge on any atom is 0.341 e. The number of aliphatic carboxylic acids is 1. The van der Waals surface area contributed by atoms with E-state index in [1.165, 1.54) is 30.2 Å². The summed E-state index contributed by atoms with van der Waals surface area (Å²) in [5.41, 5.74) is 0.287. The predicted octanol–water partition coefficient (Wildman–Crippen LogP) is 2.11. The van der Waals surface area contributed by atoms with Crippen LogP contribution in [-0.2, 0) is 9.53 Å². The lowest BCUT2D eigenvalue weighted by molar-refractivity contribution is -0.141. The van der Waals surface area contributed by atoms with Crippen molar-refractivity contribution < 1.29 is 24.2 Å². The zero-order valence-electron chi connectivity index (χ0n) is 12.1. The summed E-state index contributed by atoms with van der Waals surface area (Å²) >= 11 is 1.20. The lowest BCUT2D eigenvalue weighted by atomic mass is 10.2. The molecule has 0 aliphatic carbocycles. The van der Waals surface area contributed by atoms with Crippen LogP contribution in [0, 0.1) is 5.92 Å². The summed E-state index contributed by atoms with van der Waals surface area (Å²) in [6, 6.07) is 1.09. The van der Waals surface area contributed by atoms with E-state index in [1.54, 1.807) is 18.4 Å². The molecule has 21 heavy (non-hydrogen) atoms. The number of hydrogen-bond acceptors (Lipinski definition) is 5. The smallest absolute Gasteiger partial charge is 0.341 e. The fraction of sp³-hybridized carbons (Fsp3) is 0.462. The second kappa shape index (κ2) is 7.63. The molecule has 1 atom stereocenters. The Morgan fingerprint density at radius 1 is 1.48 bits per heavy atom. The number of nitrogens with zero attached hydrogens (tertiary/aromatic N) is 1. The van der Waals surface area contributed by atoms with E-state index in [0.29, 0.717) is 5.00 Å². The minimum absolute atomic E-state index is 0.0707. The lowest BCUT2D eigenvalue weighted by Gasteiger charge is -2.19. The fourth-order valence-electron chi connectivity index (χ4n) is 1.54. The Labute approximate surface area is 126 Å². The molecular formula is C13H18N2O5S. The Morgan fingerprint density at radius 2 is 2.14 bits per heavy atom. The summed E-state index contributed by atoms with van der Waals surface area (Å²) < 4.78 is 4.89. The number of urea groups is 1. The van der Waals surface area contributed by atoms with Crippen molar-refractivity contribution in [3.63, 3.8) is 0 Å². The van der Waals surface area contributed by atoms with E-state index in [1.807, 2.05) is 0 Å². The molecule has 0 fully saturated rings. The number of nitrogens with one attached hydrogen (secondary N) is 1. The number of esters is 1. The second-order valence-corrected chi connectivity index (χ2v) is 5.35. The number of hydrogen-bond donors (Lipinski definition) is 2. The highest BCUT2D eigenvalue weighted by molar-refractivity contribution is 7.14. The highest BCUT2D eigenvalue weighted by Crippen LogP contribution is 2.24. The molecule has 0 spiro atoms. The summed E-state index contributed by atoms with van der Waals surface area (Å²) in [4.78, 5) is 35.7. The van der Waals surface area contributed by atoms with E-state index >= 15 is 0 Å². The van der Waals surface area contributed by atoms with Crippen LogP contribution in [-0.4, -0.2) is 48.2 Å². The van der Waals surface area contributed by atoms with E-state index < -0.39 is 23.9 Å². The first kappa shape index (κ1) is 17.0. The third-order valence-electron chi connectivity index (χ3n) is 2.70.